The molecule has 0 aromatic heterocycles. The van der Waals surface area contributed by atoms with Gasteiger partial charge in [-0.1, -0.05) is 0 Å². The molecule has 0 radical (unpaired) electrons. The number of carbonyl (C=O) groups is 2. The van der Waals surface area contributed by atoms with Crippen LogP contribution in [-0.4, -0.2) is 29.5 Å². The predicted molar refractivity (Wildman–Crippen MR) is 38.5 cm³/mol. The summed E-state index contributed by atoms with van der Waals surface area (Å²) < 4.78 is 4.42. The van der Waals surface area contributed by atoms with Crippen molar-refractivity contribution in [1.29, 1.82) is 0 Å². The van der Waals surface area contributed by atoms with Gasteiger partial charge >= 0.3 is 11.9 Å². The van der Waals surface area contributed by atoms with Crippen LogP contribution in [0.25, 0.3) is 0 Å². The Kier molecular flexibility index (Phi) is 5.20. The summed E-state index contributed by atoms with van der Waals surface area (Å²) in [5.41, 5.74) is 0. The van der Waals surface area contributed by atoms with Crippen molar-refractivity contribution in [1.82, 2.24) is 0 Å². The van der Waals surface area contributed by atoms with Crippen LogP contribution in [0.1, 0.15) is 0 Å². The lowest BCUT2D eigenvalue weighted by Gasteiger charge is -1.94. The maximum atomic E-state index is 10.5. The van der Waals surface area contributed by atoms with Crippen LogP contribution in [0.3, 0.4) is 0 Å². The fraction of sp³-hybridized carbons (Fsp3) is 0.333. The second-order valence-electron chi connectivity index (χ2n) is 1.53. The summed E-state index contributed by atoms with van der Waals surface area (Å²) in [4.78, 5) is 20.3. The average Bonchev–Trinajstić information content (AvgIpc) is 1.97. The molecule has 0 aliphatic rings. The fourth-order valence-corrected chi connectivity index (χ4v) is 0.404. The number of hydrogen-bond donors (Lipinski definition) is 1. The lowest BCUT2D eigenvalue weighted by atomic mass is 10.5. The van der Waals surface area contributed by atoms with Gasteiger partial charge in [0.2, 0.25) is 0 Å². The van der Waals surface area contributed by atoms with Gasteiger partial charge in [0.05, 0.1) is 5.88 Å². The van der Waals surface area contributed by atoms with Gasteiger partial charge in [0.15, 0.2) is 0 Å². The third kappa shape index (κ3) is 6.86. The third-order valence-electron chi connectivity index (χ3n) is 0.683. The van der Waals surface area contributed by atoms with Crippen LogP contribution in [0.4, 0.5) is 0 Å². The zero-order valence-electron chi connectivity index (χ0n) is 5.62. The molecule has 5 heteroatoms. The van der Waals surface area contributed by atoms with E-state index in [4.69, 9.17) is 16.7 Å². The number of rotatable bonds is 4. The molecule has 0 spiro atoms. The minimum absolute atomic E-state index is 0.0876. The van der Waals surface area contributed by atoms with Crippen molar-refractivity contribution >= 4 is 23.5 Å². The predicted octanol–water partition coefficient (Wildman–Crippen LogP) is 0.409. The van der Waals surface area contributed by atoms with Crippen molar-refractivity contribution in [3.05, 3.63) is 12.2 Å². The standard InChI is InChI=1S/C6H7ClO4/c7-3-4-11-6(10)2-1-5(8)9/h1-2H,3-4H2,(H,8,9). The Bertz CT molecular complexity index is 175. The molecule has 4 nitrogen and oxygen atoms in total. The molecule has 0 aromatic rings. The van der Waals surface area contributed by atoms with Crippen molar-refractivity contribution in [2.75, 3.05) is 12.5 Å². The molecule has 0 aromatic carbocycles. The molecule has 0 heterocycles. The van der Waals surface area contributed by atoms with E-state index in [1.165, 1.54) is 0 Å². The van der Waals surface area contributed by atoms with Gasteiger partial charge in [0.1, 0.15) is 6.61 Å². The minimum atomic E-state index is -1.19. The lowest BCUT2D eigenvalue weighted by Crippen LogP contribution is -2.03. The SMILES string of the molecule is O=C(O)C=CC(=O)OCCCl. The van der Waals surface area contributed by atoms with E-state index in [9.17, 15) is 9.59 Å². The summed E-state index contributed by atoms with van der Waals surface area (Å²) in [7, 11) is 0. The van der Waals surface area contributed by atoms with Crippen LogP contribution < -0.4 is 0 Å². The first-order valence-electron chi connectivity index (χ1n) is 2.80. The first kappa shape index (κ1) is 9.97. The van der Waals surface area contributed by atoms with Crippen LogP contribution in [0.2, 0.25) is 0 Å². The normalized spacial score (nSPS) is 9.91. The summed E-state index contributed by atoms with van der Waals surface area (Å²) in [5.74, 6) is -1.69. The Morgan fingerprint density at radius 2 is 2.09 bits per heavy atom. The van der Waals surface area contributed by atoms with Crippen LogP contribution >= 0.6 is 11.6 Å². The van der Waals surface area contributed by atoms with Crippen molar-refractivity contribution < 1.29 is 19.4 Å². The second kappa shape index (κ2) is 5.73. The van der Waals surface area contributed by atoms with E-state index in [-0.39, 0.29) is 12.5 Å². The van der Waals surface area contributed by atoms with E-state index in [2.05, 4.69) is 4.74 Å². The van der Waals surface area contributed by atoms with E-state index < -0.39 is 11.9 Å². The molecule has 0 aliphatic heterocycles. The van der Waals surface area contributed by atoms with E-state index in [0.717, 1.165) is 6.08 Å². The van der Waals surface area contributed by atoms with Crippen LogP contribution in [-0.2, 0) is 14.3 Å². The van der Waals surface area contributed by atoms with Crippen molar-refractivity contribution in [3.63, 3.8) is 0 Å². The quantitative estimate of drug-likeness (QED) is 0.385. The highest BCUT2D eigenvalue weighted by molar-refractivity contribution is 6.18. The molecule has 0 fully saturated rings. The summed E-state index contributed by atoms with van der Waals surface area (Å²) in [5, 5.41) is 8.07. The fourth-order valence-electron chi connectivity index (χ4n) is 0.327. The van der Waals surface area contributed by atoms with E-state index in [1.807, 2.05) is 0 Å². The van der Waals surface area contributed by atoms with Crippen LogP contribution in [0.5, 0.6) is 0 Å². The first-order chi connectivity index (χ1) is 5.16. The Balaban J connectivity index is 3.60. The van der Waals surface area contributed by atoms with Gasteiger partial charge in [0.25, 0.3) is 0 Å². The molecule has 0 saturated carbocycles. The van der Waals surface area contributed by atoms with Gasteiger partial charge in [-0.3, -0.25) is 0 Å². The topological polar surface area (TPSA) is 63.6 Å². The molecule has 62 valence electrons. The Morgan fingerprint density at radius 1 is 1.45 bits per heavy atom. The molecule has 0 rings (SSSR count). The maximum absolute atomic E-state index is 10.5. The molecular weight excluding hydrogens is 172 g/mol. The molecule has 0 amide bonds. The molecule has 0 atom stereocenters. The summed E-state index contributed by atoms with van der Waals surface area (Å²) in [6.45, 7) is 0.0876. The van der Waals surface area contributed by atoms with Gasteiger partial charge in [0, 0.05) is 12.2 Å². The second-order valence-corrected chi connectivity index (χ2v) is 1.91. The number of carboxylic acids is 1. The Hall–Kier alpha value is -1.03. The molecule has 0 unspecified atom stereocenters. The van der Waals surface area contributed by atoms with Crippen molar-refractivity contribution in [2.45, 2.75) is 0 Å². The summed E-state index contributed by atoms with van der Waals surface area (Å²) in [6, 6.07) is 0. The molecular formula is C6H7ClO4. The van der Waals surface area contributed by atoms with Crippen molar-refractivity contribution in [2.24, 2.45) is 0 Å². The smallest absolute Gasteiger partial charge is 0.331 e. The molecule has 0 aliphatic carbocycles. The molecule has 0 saturated heterocycles. The van der Waals surface area contributed by atoms with Crippen molar-refractivity contribution in [3.8, 4) is 0 Å². The van der Waals surface area contributed by atoms with Crippen LogP contribution in [0.15, 0.2) is 12.2 Å². The summed E-state index contributed by atoms with van der Waals surface area (Å²) >= 11 is 5.19. The number of carboxylic acid groups (broad SMARTS) is 1. The average molecular weight is 179 g/mol. The Labute approximate surface area is 68.4 Å². The third-order valence-corrected chi connectivity index (χ3v) is 0.838. The maximum Gasteiger partial charge on any atom is 0.331 e. The monoisotopic (exact) mass is 178 g/mol. The number of aliphatic carboxylic acids is 1. The molecule has 11 heavy (non-hydrogen) atoms. The zero-order chi connectivity index (χ0) is 8.69. The Morgan fingerprint density at radius 3 is 2.55 bits per heavy atom. The molecule has 1 N–H and O–H groups in total. The number of alkyl halides is 1. The van der Waals surface area contributed by atoms with E-state index >= 15 is 0 Å². The van der Waals surface area contributed by atoms with Crippen LogP contribution in [0, 0.1) is 0 Å². The highest BCUT2D eigenvalue weighted by Crippen LogP contribution is 1.83. The van der Waals surface area contributed by atoms with Gasteiger partial charge < -0.3 is 9.84 Å². The van der Waals surface area contributed by atoms with E-state index in [1.54, 1.807) is 0 Å². The van der Waals surface area contributed by atoms with E-state index in [0.29, 0.717) is 6.08 Å². The number of esters is 1. The minimum Gasteiger partial charge on any atom is -0.478 e. The highest BCUT2D eigenvalue weighted by atomic mass is 35.5. The van der Waals surface area contributed by atoms with Gasteiger partial charge in [-0.2, -0.15) is 0 Å². The van der Waals surface area contributed by atoms with Gasteiger partial charge in [-0.25, -0.2) is 9.59 Å². The first-order valence-corrected chi connectivity index (χ1v) is 3.34. The largest absolute Gasteiger partial charge is 0.478 e. The summed E-state index contributed by atoms with van der Waals surface area (Å²) in [6.07, 6.45) is 1.53. The molecule has 0 bridgehead atoms. The number of carbonyl (C=O) groups excluding carboxylic acids is 1. The number of halogens is 1. The van der Waals surface area contributed by atoms with Gasteiger partial charge in [-0.15, -0.1) is 11.6 Å². The lowest BCUT2D eigenvalue weighted by molar-refractivity contribution is -0.138. The van der Waals surface area contributed by atoms with Gasteiger partial charge in [-0.05, 0) is 0 Å². The zero-order valence-corrected chi connectivity index (χ0v) is 6.37. The highest BCUT2D eigenvalue weighted by Gasteiger charge is 1.95. The number of hydrogen-bond acceptors (Lipinski definition) is 3. The number of ether oxygens (including phenoxy) is 1.